The molecule has 1 atom stereocenters. The van der Waals surface area contributed by atoms with Crippen molar-refractivity contribution in [3.05, 3.63) is 77.1 Å². The van der Waals surface area contributed by atoms with Crippen LogP contribution in [-0.2, 0) is 17.8 Å². The van der Waals surface area contributed by atoms with Crippen molar-refractivity contribution in [3.63, 3.8) is 0 Å². The van der Waals surface area contributed by atoms with E-state index < -0.39 is 5.82 Å². The maximum Gasteiger partial charge on any atom is 0.255 e. The highest BCUT2D eigenvalue weighted by Gasteiger charge is 2.44. The van der Waals surface area contributed by atoms with Gasteiger partial charge in [0.15, 0.2) is 0 Å². The number of aromatic nitrogens is 3. The molecule has 0 bridgehead atoms. The van der Waals surface area contributed by atoms with Crippen LogP contribution in [-0.4, -0.2) is 81.7 Å². The first kappa shape index (κ1) is 38.0. The van der Waals surface area contributed by atoms with Crippen molar-refractivity contribution in [3.8, 4) is 0 Å². The number of anilines is 1. The van der Waals surface area contributed by atoms with Crippen molar-refractivity contribution in [2.45, 2.75) is 102 Å². The van der Waals surface area contributed by atoms with Crippen LogP contribution < -0.4 is 10.6 Å². The second-order valence-corrected chi connectivity index (χ2v) is 15.2. The van der Waals surface area contributed by atoms with Crippen LogP contribution in [0.4, 0.5) is 10.1 Å². The fourth-order valence-electron chi connectivity index (χ4n) is 8.48. The van der Waals surface area contributed by atoms with Crippen LogP contribution >= 0.6 is 24.0 Å². The zero-order valence-corrected chi connectivity index (χ0v) is 30.9. The van der Waals surface area contributed by atoms with E-state index in [4.69, 9.17) is 11.6 Å². The minimum absolute atomic E-state index is 0. The highest BCUT2D eigenvalue weighted by Crippen LogP contribution is 2.47. The number of amides is 2. The average Bonchev–Trinajstić information content (AvgIpc) is 3.63. The van der Waals surface area contributed by atoms with Crippen LogP contribution in [0.1, 0.15) is 86.6 Å². The van der Waals surface area contributed by atoms with Gasteiger partial charge in [-0.1, -0.05) is 43.0 Å². The molecule has 1 aliphatic heterocycles. The second kappa shape index (κ2) is 17.3. The summed E-state index contributed by atoms with van der Waals surface area (Å²) in [6.07, 6.45) is 16.0. The standard InChI is InChI=1S/C38H51ClFN7O2.ClH/c1-45(2)36(48)33-23-30(40)12-17-34(33)43-31-13-15-32(16-14-31)44-35(22-27-8-10-29(39)11-9-27)37(49)46-20-18-38(19-21-46,24-47-26-41-25-42-47)28-6-4-3-5-7-28;/h8-12,17,23,25-26,28,31-32,35,43-44H,3-7,13-16,18-22,24H2,1-2H3;1H/t31?,32?,35-;/m1./s1. The molecule has 3 fully saturated rings. The summed E-state index contributed by atoms with van der Waals surface area (Å²) in [6.45, 7) is 2.38. The van der Waals surface area contributed by atoms with E-state index in [1.165, 1.54) is 49.1 Å². The molecule has 2 amide bonds. The first-order valence-corrected chi connectivity index (χ1v) is 18.5. The predicted octanol–water partition coefficient (Wildman–Crippen LogP) is 7.01. The van der Waals surface area contributed by atoms with Gasteiger partial charge in [0.25, 0.3) is 5.91 Å². The van der Waals surface area contributed by atoms with Gasteiger partial charge in [-0.25, -0.2) is 9.37 Å². The maximum atomic E-state index is 14.4. The van der Waals surface area contributed by atoms with Crippen molar-refractivity contribution >= 4 is 41.5 Å². The Labute approximate surface area is 307 Å². The molecular weight excluding hydrogens is 676 g/mol. The third-order valence-corrected chi connectivity index (χ3v) is 11.5. The Balaban J connectivity index is 0.00000486. The molecule has 2 aromatic carbocycles. The van der Waals surface area contributed by atoms with Gasteiger partial charge < -0.3 is 20.4 Å². The largest absolute Gasteiger partial charge is 0.382 e. The van der Waals surface area contributed by atoms with Gasteiger partial charge in [0, 0.05) is 56.5 Å². The number of carbonyl (C=O) groups is 2. The van der Waals surface area contributed by atoms with Gasteiger partial charge in [-0.3, -0.25) is 14.3 Å². The molecule has 3 aromatic rings. The van der Waals surface area contributed by atoms with Crippen molar-refractivity contribution in [1.82, 2.24) is 29.9 Å². The molecule has 1 saturated heterocycles. The summed E-state index contributed by atoms with van der Waals surface area (Å²) in [4.78, 5) is 34.9. The molecule has 3 aliphatic rings. The number of nitrogens with zero attached hydrogens (tertiary/aromatic N) is 5. The lowest BCUT2D eigenvalue weighted by Crippen LogP contribution is -2.55. The van der Waals surface area contributed by atoms with Gasteiger partial charge in [-0.2, -0.15) is 5.10 Å². The van der Waals surface area contributed by atoms with Crippen LogP contribution in [0.25, 0.3) is 0 Å². The van der Waals surface area contributed by atoms with E-state index in [1.807, 2.05) is 35.3 Å². The molecule has 6 rings (SSSR count). The summed E-state index contributed by atoms with van der Waals surface area (Å²) in [7, 11) is 3.34. The van der Waals surface area contributed by atoms with Crippen molar-refractivity contribution < 1.29 is 14.0 Å². The number of likely N-dealkylation sites (tertiary alicyclic amines) is 1. The van der Waals surface area contributed by atoms with Crippen molar-refractivity contribution in [2.75, 3.05) is 32.5 Å². The van der Waals surface area contributed by atoms with E-state index in [1.54, 1.807) is 26.5 Å². The Morgan fingerprint density at radius 2 is 1.66 bits per heavy atom. The topological polar surface area (TPSA) is 95.4 Å². The molecule has 2 aliphatic carbocycles. The number of piperidine rings is 1. The average molecular weight is 729 g/mol. The highest BCUT2D eigenvalue weighted by molar-refractivity contribution is 6.30. The quantitative estimate of drug-likeness (QED) is 0.221. The lowest BCUT2D eigenvalue weighted by Gasteiger charge is -2.48. The van der Waals surface area contributed by atoms with Crippen LogP contribution in [0.3, 0.4) is 0 Å². The molecule has 0 radical (unpaired) electrons. The van der Waals surface area contributed by atoms with Crippen molar-refractivity contribution in [1.29, 1.82) is 0 Å². The maximum absolute atomic E-state index is 14.4. The SMILES string of the molecule is CN(C)C(=O)c1cc(F)ccc1NC1CCC(N[C@H](Cc2ccc(Cl)cc2)C(=O)N2CCC(Cn3cncn3)(C3CCCCC3)CC2)CC1.Cl. The van der Waals surface area contributed by atoms with Crippen molar-refractivity contribution in [2.24, 2.45) is 11.3 Å². The van der Waals surface area contributed by atoms with Gasteiger partial charge in [-0.05, 0) is 105 Å². The highest BCUT2D eigenvalue weighted by atomic mass is 35.5. The fraction of sp³-hybridized carbons (Fsp3) is 0.579. The Morgan fingerprint density at radius 3 is 2.30 bits per heavy atom. The number of halogens is 3. The molecule has 0 unspecified atom stereocenters. The minimum atomic E-state index is -0.427. The molecule has 50 heavy (non-hydrogen) atoms. The minimum Gasteiger partial charge on any atom is -0.382 e. The Morgan fingerprint density at radius 1 is 0.980 bits per heavy atom. The van der Waals surface area contributed by atoms with E-state index >= 15 is 0 Å². The molecule has 12 heteroatoms. The zero-order valence-electron chi connectivity index (χ0n) is 29.3. The lowest BCUT2D eigenvalue weighted by molar-refractivity contribution is -0.137. The molecule has 1 aromatic heterocycles. The van der Waals surface area contributed by atoms with Gasteiger partial charge in [0.2, 0.25) is 5.91 Å². The number of hydrogen-bond donors (Lipinski definition) is 2. The summed E-state index contributed by atoms with van der Waals surface area (Å²) < 4.78 is 16.0. The van der Waals surface area contributed by atoms with E-state index in [-0.39, 0.29) is 47.8 Å². The number of carbonyl (C=O) groups excluding carboxylic acids is 2. The van der Waals surface area contributed by atoms with Gasteiger partial charge in [-0.15, -0.1) is 12.4 Å². The van der Waals surface area contributed by atoms with Gasteiger partial charge in [0.1, 0.15) is 18.5 Å². The normalized spacial score (nSPS) is 21.6. The van der Waals surface area contributed by atoms with Crippen LogP contribution in [0.5, 0.6) is 0 Å². The second-order valence-electron chi connectivity index (χ2n) is 14.7. The summed E-state index contributed by atoms with van der Waals surface area (Å²) in [5.74, 6) is 0.171. The van der Waals surface area contributed by atoms with Crippen LogP contribution in [0.15, 0.2) is 55.1 Å². The smallest absolute Gasteiger partial charge is 0.255 e. The Kier molecular flexibility index (Phi) is 13.2. The molecular formula is C38H52Cl2FN7O2. The van der Waals surface area contributed by atoms with Crippen LogP contribution in [0, 0.1) is 17.2 Å². The Bertz CT molecular complexity index is 1530. The van der Waals surface area contributed by atoms with Gasteiger partial charge >= 0.3 is 0 Å². The zero-order chi connectivity index (χ0) is 34.4. The number of benzene rings is 2. The predicted molar refractivity (Wildman–Crippen MR) is 198 cm³/mol. The first-order valence-electron chi connectivity index (χ1n) is 18.1. The molecule has 2 saturated carbocycles. The summed E-state index contributed by atoms with van der Waals surface area (Å²) in [6, 6.07) is 12.2. The molecule has 9 nitrogen and oxygen atoms in total. The van der Waals surface area contributed by atoms with Gasteiger partial charge in [0.05, 0.1) is 11.6 Å². The summed E-state index contributed by atoms with van der Waals surface area (Å²) >= 11 is 6.20. The van der Waals surface area contributed by atoms with Crippen LogP contribution in [0.2, 0.25) is 5.02 Å². The summed E-state index contributed by atoms with van der Waals surface area (Å²) in [5, 5.41) is 12.5. The number of nitrogens with one attached hydrogen (secondary N) is 2. The first-order chi connectivity index (χ1) is 23.7. The fourth-order valence-corrected chi connectivity index (χ4v) is 8.61. The number of rotatable bonds is 11. The van der Waals surface area contributed by atoms with E-state index in [9.17, 15) is 14.0 Å². The molecule has 2 N–H and O–H groups in total. The number of hydrogen-bond acceptors (Lipinski definition) is 6. The molecule has 272 valence electrons. The monoisotopic (exact) mass is 727 g/mol. The molecule has 2 heterocycles. The van der Waals surface area contributed by atoms with E-state index in [0.29, 0.717) is 28.6 Å². The summed E-state index contributed by atoms with van der Waals surface area (Å²) in [5.41, 5.74) is 2.22. The third kappa shape index (κ3) is 9.36. The van der Waals surface area contributed by atoms with E-state index in [2.05, 4.69) is 25.6 Å². The Hall–Kier alpha value is -3.21. The molecule has 0 spiro atoms. The lowest BCUT2D eigenvalue weighted by atomic mass is 9.63. The van der Waals surface area contributed by atoms with E-state index in [0.717, 1.165) is 63.7 Å². The third-order valence-electron chi connectivity index (χ3n) is 11.3.